The Morgan fingerprint density at radius 1 is 1.05 bits per heavy atom. The molecule has 0 radical (unpaired) electrons. The maximum atomic E-state index is 13.3. The second-order valence-electron chi connectivity index (χ2n) is 4.28. The van der Waals surface area contributed by atoms with Crippen LogP contribution in [0.5, 0.6) is 0 Å². The molecule has 0 unspecified atom stereocenters. The number of hydrogen-bond acceptors (Lipinski definition) is 1. The van der Waals surface area contributed by atoms with Crippen molar-refractivity contribution in [2.75, 3.05) is 12.4 Å². The first-order chi connectivity index (χ1) is 9.13. The first-order valence-electron chi connectivity index (χ1n) is 6.01. The van der Waals surface area contributed by atoms with Gasteiger partial charge in [-0.15, -0.1) is 0 Å². The number of anilines is 1. The molecule has 0 saturated heterocycles. The second kappa shape index (κ2) is 5.65. The molecule has 0 bridgehead atoms. The van der Waals surface area contributed by atoms with E-state index in [-0.39, 0.29) is 11.6 Å². The minimum absolute atomic E-state index is 0.300. The molecule has 0 aliphatic heterocycles. The molecule has 3 heteroatoms. The zero-order chi connectivity index (χ0) is 13.8. The molecule has 0 saturated carbocycles. The summed E-state index contributed by atoms with van der Waals surface area (Å²) in [4.78, 5) is 0. The van der Waals surface area contributed by atoms with Crippen molar-refractivity contribution < 1.29 is 8.78 Å². The van der Waals surface area contributed by atoms with E-state index in [1.165, 1.54) is 24.3 Å². The highest BCUT2D eigenvalue weighted by atomic mass is 19.1. The van der Waals surface area contributed by atoms with E-state index in [4.69, 9.17) is 0 Å². The molecule has 1 N–H and O–H groups in total. The lowest BCUT2D eigenvalue weighted by molar-refractivity contribution is 0.624. The van der Waals surface area contributed by atoms with Crippen molar-refractivity contribution in [2.24, 2.45) is 0 Å². The van der Waals surface area contributed by atoms with Gasteiger partial charge in [0.25, 0.3) is 0 Å². The Hall–Kier alpha value is -2.16. The van der Waals surface area contributed by atoms with Gasteiger partial charge >= 0.3 is 0 Å². The van der Waals surface area contributed by atoms with Crippen molar-refractivity contribution in [3.63, 3.8) is 0 Å². The van der Waals surface area contributed by atoms with Gasteiger partial charge in [0.1, 0.15) is 11.6 Å². The predicted octanol–water partition coefficient (Wildman–Crippen LogP) is 4.24. The maximum absolute atomic E-state index is 13.3. The third-order valence-electron chi connectivity index (χ3n) is 3.04. The molecule has 0 aromatic heterocycles. The summed E-state index contributed by atoms with van der Waals surface area (Å²) in [5, 5.41) is 3.01. The number of halogens is 2. The fraction of sp³-hybridized carbons (Fsp3) is 0.125. The lowest BCUT2D eigenvalue weighted by Crippen LogP contribution is -1.99. The summed E-state index contributed by atoms with van der Waals surface area (Å²) in [6.07, 6.45) is 2.13. The van der Waals surface area contributed by atoms with E-state index >= 15 is 0 Å². The molecule has 0 spiro atoms. The van der Waals surface area contributed by atoms with Gasteiger partial charge in [-0.25, -0.2) is 8.78 Å². The van der Waals surface area contributed by atoms with Gasteiger partial charge in [-0.05, 0) is 47.0 Å². The molecule has 98 valence electrons. The molecule has 2 rings (SSSR count). The summed E-state index contributed by atoms with van der Waals surface area (Å²) >= 11 is 0. The number of rotatable bonds is 4. The summed E-state index contributed by atoms with van der Waals surface area (Å²) in [6, 6.07) is 9.07. The van der Waals surface area contributed by atoms with Crippen molar-refractivity contribution in [1.82, 2.24) is 0 Å². The van der Waals surface area contributed by atoms with Crippen LogP contribution in [0.4, 0.5) is 14.5 Å². The van der Waals surface area contributed by atoms with Gasteiger partial charge in [0.15, 0.2) is 0 Å². The summed E-state index contributed by atoms with van der Waals surface area (Å²) in [5.74, 6) is -0.603. The van der Waals surface area contributed by atoms with Crippen molar-refractivity contribution in [3.05, 3.63) is 71.3 Å². The van der Waals surface area contributed by atoms with Gasteiger partial charge in [0, 0.05) is 19.2 Å². The zero-order valence-corrected chi connectivity index (χ0v) is 10.7. The summed E-state index contributed by atoms with van der Waals surface area (Å²) < 4.78 is 26.6. The molecule has 0 heterocycles. The Bertz CT molecular complexity index is 606. The van der Waals surface area contributed by atoms with E-state index in [2.05, 4.69) is 11.9 Å². The summed E-state index contributed by atoms with van der Waals surface area (Å²) in [6.45, 7) is 3.71. The predicted molar refractivity (Wildman–Crippen MR) is 75.2 cm³/mol. The van der Waals surface area contributed by atoms with Crippen LogP contribution in [0.25, 0.3) is 6.08 Å². The molecule has 1 nitrogen and oxygen atoms in total. The van der Waals surface area contributed by atoms with E-state index in [0.29, 0.717) is 6.42 Å². The molecule has 0 atom stereocenters. The summed E-state index contributed by atoms with van der Waals surface area (Å²) in [5.41, 5.74) is 3.27. The van der Waals surface area contributed by atoms with Gasteiger partial charge in [0.05, 0.1) is 0 Å². The fourth-order valence-electron chi connectivity index (χ4n) is 2.08. The maximum Gasteiger partial charge on any atom is 0.123 e. The molecule has 0 aliphatic carbocycles. The van der Waals surface area contributed by atoms with Crippen LogP contribution in [0.2, 0.25) is 0 Å². The van der Waals surface area contributed by atoms with Gasteiger partial charge in [-0.2, -0.15) is 0 Å². The van der Waals surface area contributed by atoms with Crippen molar-refractivity contribution in [1.29, 1.82) is 0 Å². The minimum Gasteiger partial charge on any atom is -0.388 e. The standard InChI is InChI=1S/C16H15F2N/c1-3-11-4-5-14(17)9-12(11)8-13-10-15(18)6-7-16(13)19-2/h3-7,9-10,19H,1,8H2,2H3. The van der Waals surface area contributed by atoms with Gasteiger partial charge in [-0.1, -0.05) is 18.7 Å². The van der Waals surface area contributed by atoms with Crippen LogP contribution in [-0.4, -0.2) is 7.05 Å². The number of hydrogen-bond donors (Lipinski definition) is 1. The Balaban J connectivity index is 2.43. The fourth-order valence-corrected chi connectivity index (χ4v) is 2.08. The Morgan fingerprint density at radius 3 is 2.32 bits per heavy atom. The van der Waals surface area contributed by atoms with Gasteiger partial charge in [-0.3, -0.25) is 0 Å². The minimum atomic E-state index is -0.303. The smallest absolute Gasteiger partial charge is 0.123 e. The first kappa shape index (κ1) is 13.3. The third-order valence-corrected chi connectivity index (χ3v) is 3.04. The molecule has 2 aromatic carbocycles. The third kappa shape index (κ3) is 2.99. The van der Waals surface area contributed by atoms with Crippen molar-refractivity contribution >= 4 is 11.8 Å². The Morgan fingerprint density at radius 2 is 1.68 bits per heavy atom. The van der Waals surface area contributed by atoms with Crippen LogP contribution in [0.1, 0.15) is 16.7 Å². The van der Waals surface area contributed by atoms with E-state index in [9.17, 15) is 8.78 Å². The van der Waals surface area contributed by atoms with Crippen LogP contribution in [0.3, 0.4) is 0 Å². The van der Waals surface area contributed by atoms with Crippen LogP contribution in [0.15, 0.2) is 43.0 Å². The van der Waals surface area contributed by atoms with Gasteiger partial charge in [0.2, 0.25) is 0 Å². The molecule has 0 fully saturated rings. The SMILES string of the molecule is C=Cc1ccc(F)cc1Cc1cc(F)ccc1NC. The normalized spacial score (nSPS) is 10.3. The molecule has 19 heavy (non-hydrogen) atoms. The highest BCUT2D eigenvalue weighted by Gasteiger charge is 2.08. The zero-order valence-electron chi connectivity index (χ0n) is 10.7. The van der Waals surface area contributed by atoms with Crippen LogP contribution in [-0.2, 0) is 6.42 Å². The highest BCUT2D eigenvalue weighted by Crippen LogP contribution is 2.23. The monoisotopic (exact) mass is 259 g/mol. The van der Waals surface area contributed by atoms with Crippen molar-refractivity contribution in [2.45, 2.75) is 6.42 Å². The van der Waals surface area contributed by atoms with E-state index in [0.717, 1.165) is 22.4 Å². The summed E-state index contributed by atoms with van der Waals surface area (Å²) in [7, 11) is 1.77. The number of benzene rings is 2. The number of nitrogens with one attached hydrogen (secondary N) is 1. The lowest BCUT2D eigenvalue weighted by atomic mass is 9.98. The molecular formula is C16H15F2N. The van der Waals surface area contributed by atoms with E-state index in [1.807, 2.05) is 0 Å². The Labute approximate surface area is 111 Å². The second-order valence-corrected chi connectivity index (χ2v) is 4.28. The first-order valence-corrected chi connectivity index (χ1v) is 6.01. The molecular weight excluding hydrogens is 244 g/mol. The van der Waals surface area contributed by atoms with Crippen LogP contribution >= 0.6 is 0 Å². The lowest BCUT2D eigenvalue weighted by Gasteiger charge is -2.11. The highest BCUT2D eigenvalue weighted by molar-refractivity contribution is 5.57. The van der Waals surface area contributed by atoms with E-state index in [1.54, 1.807) is 25.3 Å². The topological polar surface area (TPSA) is 12.0 Å². The molecule has 0 amide bonds. The van der Waals surface area contributed by atoms with E-state index < -0.39 is 0 Å². The molecule has 0 aliphatic rings. The van der Waals surface area contributed by atoms with Gasteiger partial charge < -0.3 is 5.32 Å². The van der Waals surface area contributed by atoms with Crippen LogP contribution in [0, 0.1) is 11.6 Å². The van der Waals surface area contributed by atoms with Crippen LogP contribution < -0.4 is 5.32 Å². The largest absolute Gasteiger partial charge is 0.388 e. The quantitative estimate of drug-likeness (QED) is 0.866. The van der Waals surface area contributed by atoms with Crippen molar-refractivity contribution in [3.8, 4) is 0 Å². The average molecular weight is 259 g/mol. The Kier molecular flexibility index (Phi) is 3.95. The molecule has 2 aromatic rings. The average Bonchev–Trinajstić information content (AvgIpc) is 2.39.